The summed E-state index contributed by atoms with van der Waals surface area (Å²) in [5, 5.41) is 23.5. The first-order valence-corrected chi connectivity index (χ1v) is 13.6. The van der Waals surface area contributed by atoms with Gasteiger partial charge in [0.15, 0.2) is 11.4 Å². The first-order valence-electron chi connectivity index (χ1n) is 12.7. The highest BCUT2D eigenvalue weighted by molar-refractivity contribution is 7.99. The fraction of sp³-hybridized carbons (Fsp3) is 0.407. The third-order valence-electron chi connectivity index (χ3n) is 6.31. The minimum Gasteiger partial charge on any atom is -0.465 e. The fourth-order valence-corrected chi connectivity index (χ4v) is 5.18. The Kier molecular flexibility index (Phi) is 9.93. The van der Waals surface area contributed by atoms with Gasteiger partial charge in [0.1, 0.15) is 12.9 Å². The monoisotopic (exact) mass is 555 g/mol. The number of aryl methyl sites for hydroxylation is 1. The van der Waals surface area contributed by atoms with Gasteiger partial charge in [0.2, 0.25) is 0 Å². The van der Waals surface area contributed by atoms with Crippen LogP contribution < -0.4 is 10.6 Å². The molecule has 1 saturated heterocycles. The van der Waals surface area contributed by atoms with Crippen LogP contribution in [0.25, 0.3) is 0 Å². The number of nitrogens with zero attached hydrogens (tertiary/aromatic N) is 3. The Morgan fingerprint density at radius 3 is 2.46 bits per heavy atom. The smallest absolute Gasteiger partial charge is 0.325 e. The largest absolute Gasteiger partial charge is 0.465 e. The van der Waals surface area contributed by atoms with Crippen molar-refractivity contribution >= 4 is 29.4 Å². The number of urea groups is 1. The topological polar surface area (TPSA) is 137 Å². The molecule has 2 heterocycles. The zero-order valence-electron chi connectivity index (χ0n) is 22.1. The molecule has 3 aromatic rings. The summed E-state index contributed by atoms with van der Waals surface area (Å²) in [6.45, 7) is 3.82. The van der Waals surface area contributed by atoms with Crippen molar-refractivity contribution in [1.82, 2.24) is 20.1 Å². The van der Waals surface area contributed by atoms with Crippen molar-refractivity contribution in [1.29, 1.82) is 0 Å². The summed E-state index contributed by atoms with van der Waals surface area (Å²) >= 11 is 1.57. The number of nitrogens with one attached hydrogen (secondary N) is 2. The Labute approximate surface area is 231 Å². The molecule has 11 nitrogen and oxygen atoms in total. The maximum Gasteiger partial charge on any atom is 0.325 e. The predicted octanol–water partition coefficient (Wildman–Crippen LogP) is 3.58. The summed E-state index contributed by atoms with van der Waals surface area (Å²) < 4.78 is 19.6. The molecule has 1 aliphatic heterocycles. The van der Waals surface area contributed by atoms with E-state index in [0.717, 1.165) is 21.8 Å². The van der Waals surface area contributed by atoms with Crippen LogP contribution in [0.4, 0.5) is 10.5 Å². The Bertz CT molecular complexity index is 1240. The summed E-state index contributed by atoms with van der Waals surface area (Å²) in [6.07, 6.45) is 0.630. The number of carbonyl (C=O) groups excluding carboxylic acids is 2. The molecule has 4 atom stereocenters. The number of hydrogen-bond acceptors (Lipinski definition) is 9. The Morgan fingerprint density at radius 1 is 1.10 bits per heavy atom. The van der Waals surface area contributed by atoms with Crippen LogP contribution in [0.15, 0.2) is 60.0 Å². The average Bonchev–Trinajstić information content (AvgIpc) is 3.36. The highest BCUT2D eigenvalue weighted by Gasteiger charge is 2.38. The molecule has 1 aliphatic rings. The van der Waals surface area contributed by atoms with Gasteiger partial charge in [0.25, 0.3) is 0 Å². The molecule has 0 unspecified atom stereocenters. The molecular weight excluding hydrogens is 522 g/mol. The minimum atomic E-state index is -0.638. The van der Waals surface area contributed by atoms with Gasteiger partial charge in [0, 0.05) is 30.0 Å². The van der Waals surface area contributed by atoms with E-state index in [9.17, 15) is 14.7 Å². The lowest BCUT2D eigenvalue weighted by atomic mass is 9.91. The number of aliphatic hydroxyl groups is 1. The van der Waals surface area contributed by atoms with E-state index >= 15 is 0 Å². The molecule has 0 radical (unpaired) electrons. The van der Waals surface area contributed by atoms with E-state index < -0.39 is 18.3 Å². The van der Waals surface area contributed by atoms with Crippen LogP contribution in [0.3, 0.4) is 0 Å². The van der Waals surface area contributed by atoms with Crippen LogP contribution in [0.2, 0.25) is 0 Å². The normalized spacial score (nSPS) is 20.8. The quantitative estimate of drug-likeness (QED) is 0.253. The van der Waals surface area contributed by atoms with Crippen molar-refractivity contribution < 1.29 is 28.9 Å². The van der Waals surface area contributed by atoms with Gasteiger partial charge < -0.3 is 34.5 Å². The van der Waals surface area contributed by atoms with E-state index in [4.69, 9.17) is 14.2 Å². The number of hydrogen-bond donors (Lipinski definition) is 3. The lowest BCUT2D eigenvalue weighted by molar-refractivity contribution is -0.268. The Morgan fingerprint density at radius 2 is 1.82 bits per heavy atom. The average molecular weight is 556 g/mol. The molecule has 0 saturated carbocycles. The van der Waals surface area contributed by atoms with Crippen LogP contribution in [-0.2, 0) is 32.7 Å². The highest BCUT2D eigenvalue weighted by Crippen LogP contribution is 2.43. The number of thioether (sulfide) groups is 1. The van der Waals surface area contributed by atoms with E-state index in [1.807, 2.05) is 48.0 Å². The molecule has 12 heteroatoms. The van der Waals surface area contributed by atoms with E-state index in [1.165, 1.54) is 0 Å². The SMILES string of the molecule is CCOC(=O)CNC(=O)Nc1ccc([C@@H]2O[C@H](CSc3nncn3C)[C@H](C)[C@H](c3ccc(CO)cc3)O2)cc1. The molecule has 0 bridgehead atoms. The number of carbonyl (C=O) groups is 2. The van der Waals surface area contributed by atoms with Crippen molar-refractivity contribution in [2.24, 2.45) is 13.0 Å². The van der Waals surface area contributed by atoms with Crippen LogP contribution >= 0.6 is 11.8 Å². The van der Waals surface area contributed by atoms with Crippen LogP contribution in [0.5, 0.6) is 0 Å². The summed E-state index contributed by atoms with van der Waals surface area (Å²) in [5.74, 6) is 0.182. The Hall–Kier alpha value is -3.45. The van der Waals surface area contributed by atoms with Crippen molar-refractivity contribution in [3.63, 3.8) is 0 Å². The number of amides is 2. The van der Waals surface area contributed by atoms with Crippen molar-refractivity contribution in [3.05, 3.63) is 71.5 Å². The number of anilines is 1. The molecule has 39 heavy (non-hydrogen) atoms. The molecule has 0 aliphatic carbocycles. The predicted molar refractivity (Wildman–Crippen MR) is 145 cm³/mol. The van der Waals surface area contributed by atoms with Gasteiger partial charge in [-0.1, -0.05) is 55.1 Å². The molecule has 208 valence electrons. The summed E-state index contributed by atoms with van der Waals surface area (Å²) in [7, 11) is 1.90. The number of benzene rings is 2. The van der Waals surface area contributed by atoms with Crippen LogP contribution in [0, 0.1) is 5.92 Å². The number of ether oxygens (including phenoxy) is 3. The first-order chi connectivity index (χ1) is 18.9. The zero-order valence-corrected chi connectivity index (χ0v) is 22.9. The van der Waals surface area contributed by atoms with Gasteiger partial charge in [-0.3, -0.25) is 4.79 Å². The molecule has 1 aromatic heterocycles. The second kappa shape index (κ2) is 13.6. The van der Waals surface area contributed by atoms with Crippen molar-refractivity contribution in [2.45, 2.75) is 44.1 Å². The van der Waals surface area contributed by atoms with Crippen LogP contribution in [0.1, 0.15) is 42.9 Å². The van der Waals surface area contributed by atoms with Crippen molar-refractivity contribution in [2.75, 3.05) is 24.2 Å². The van der Waals surface area contributed by atoms with E-state index in [0.29, 0.717) is 11.4 Å². The third kappa shape index (κ3) is 7.57. The second-order valence-corrected chi connectivity index (χ2v) is 10.1. The zero-order chi connectivity index (χ0) is 27.8. The number of esters is 1. The lowest BCUT2D eigenvalue weighted by Gasteiger charge is -2.41. The van der Waals surface area contributed by atoms with Crippen molar-refractivity contribution in [3.8, 4) is 0 Å². The molecule has 3 N–H and O–H groups in total. The maximum atomic E-state index is 12.1. The minimum absolute atomic E-state index is 0.0225. The van der Waals surface area contributed by atoms with E-state index in [-0.39, 0.29) is 37.9 Å². The van der Waals surface area contributed by atoms with E-state index in [1.54, 1.807) is 37.1 Å². The molecule has 0 spiro atoms. The Balaban J connectivity index is 1.47. The fourth-order valence-electron chi connectivity index (χ4n) is 4.13. The second-order valence-electron chi connectivity index (χ2n) is 9.09. The van der Waals surface area contributed by atoms with Gasteiger partial charge in [-0.15, -0.1) is 10.2 Å². The third-order valence-corrected chi connectivity index (χ3v) is 7.43. The summed E-state index contributed by atoms with van der Waals surface area (Å²) in [5.41, 5.74) is 3.18. The number of aliphatic hydroxyl groups excluding tert-OH is 1. The first kappa shape index (κ1) is 28.6. The van der Waals surface area contributed by atoms with Gasteiger partial charge in [-0.2, -0.15) is 0 Å². The molecular formula is C27H33N5O6S. The van der Waals surface area contributed by atoms with Gasteiger partial charge >= 0.3 is 12.0 Å². The number of rotatable bonds is 10. The lowest BCUT2D eigenvalue weighted by Crippen LogP contribution is -2.38. The summed E-state index contributed by atoms with van der Waals surface area (Å²) in [4.78, 5) is 23.6. The standard InChI is InChI=1S/C27H33N5O6S/c1-4-36-23(34)13-28-26(35)30-21-11-9-20(10-12-21)25-37-22(15-39-27-31-29-16-32(27)3)17(2)24(38-25)19-7-5-18(14-33)6-8-19/h5-12,16-17,22,24-25,33H,4,13-15H2,1-3H3,(H2,28,30,35)/t17-,22+,24+,25+/m0/s1. The van der Waals surface area contributed by atoms with Gasteiger partial charge in [0.05, 0.1) is 25.4 Å². The maximum absolute atomic E-state index is 12.1. The van der Waals surface area contributed by atoms with Gasteiger partial charge in [-0.05, 0) is 30.2 Å². The highest BCUT2D eigenvalue weighted by atomic mass is 32.2. The molecule has 1 fully saturated rings. The van der Waals surface area contributed by atoms with Crippen LogP contribution in [-0.4, -0.2) is 56.9 Å². The summed E-state index contributed by atoms with van der Waals surface area (Å²) in [6, 6.07) is 14.4. The van der Waals surface area contributed by atoms with Gasteiger partial charge in [-0.25, -0.2) is 4.79 Å². The molecule has 2 aromatic carbocycles. The molecule has 2 amide bonds. The number of aromatic nitrogens is 3. The molecule has 4 rings (SSSR count). The van der Waals surface area contributed by atoms with E-state index in [2.05, 4.69) is 27.8 Å².